The SMILES string of the molecule is Cc1cccnc1N(C)c1ccccc1C#N. The lowest BCUT2D eigenvalue weighted by Crippen LogP contribution is -2.13. The van der Waals surface area contributed by atoms with E-state index in [1.165, 1.54) is 0 Å². The molecule has 0 aliphatic rings. The Hall–Kier alpha value is -2.34. The van der Waals surface area contributed by atoms with Gasteiger partial charge in [0.25, 0.3) is 0 Å². The Morgan fingerprint density at radius 2 is 1.94 bits per heavy atom. The first-order chi connectivity index (χ1) is 8.24. The molecule has 1 aromatic heterocycles. The number of anilines is 2. The van der Waals surface area contributed by atoms with Gasteiger partial charge in [-0.05, 0) is 30.7 Å². The fourth-order valence-electron chi connectivity index (χ4n) is 1.80. The van der Waals surface area contributed by atoms with Crippen molar-refractivity contribution in [3.63, 3.8) is 0 Å². The normalized spacial score (nSPS) is 9.71. The molecular formula is C14H13N3. The highest BCUT2D eigenvalue weighted by Crippen LogP contribution is 2.26. The van der Waals surface area contributed by atoms with E-state index in [9.17, 15) is 0 Å². The third-order valence-corrected chi connectivity index (χ3v) is 2.69. The zero-order valence-electron chi connectivity index (χ0n) is 9.88. The third kappa shape index (κ3) is 2.11. The number of aromatic nitrogens is 1. The molecule has 3 heteroatoms. The molecule has 0 aliphatic carbocycles. The van der Waals surface area contributed by atoms with Crippen LogP contribution in [0.2, 0.25) is 0 Å². The largest absolute Gasteiger partial charge is 0.328 e. The average molecular weight is 223 g/mol. The van der Waals surface area contributed by atoms with Gasteiger partial charge in [0.15, 0.2) is 0 Å². The van der Waals surface area contributed by atoms with Crippen molar-refractivity contribution in [1.29, 1.82) is 5.26 Å². The summed E-state index contributed by atoms with van der Waals surface area (Å²) < 4.78 is 0. The Labute approximate surface area is 101 Å². The molecule has 84 valence electrons. The molecule has 2 rings (SSSR count). The maximum absolute atomic E-state index is 9.09. The van der Waals surface area contributed by atoms with E-state index in [1.807, 2.05) is 55.3 Å². The topological polar surface area (TPSA) is 39.9 Å². The van der Waals surface area contributed by atoms with Crippen LogP contribution in [0.4, 0.5) is 11.5 Å². The minimum absolute atomic E-state index is 0.653. The molecule has 0 saturated carbocycles. The lowest BCUT2D eigenvalue weighted by Gasteiger charge is -2.20. The van der Waals surface area contributed by atoms with E-state index in [-0.39, 0.29) is 0 Å². The second-order valence-electron chi connectivity index (χ2n) is 3.83. The molecule has 0 aliphatic heterocycles. The van der Waals surface area contributed by atoms with Gasteiger partial charge in [-0.15, -0.1) is 0 Å². The summed E-state index contributed by atoms with van der Waals surface area (Å²) in [5.74, 6) is 0.871. The van der Waals surface area contributed by atoms with Crippen LogP contribution >= 0.6 is 0 Å². The van der Waals surface area contributed by atoms with Crippen molar-refractivity contribution < 1.29 is 0 Å². The second-order valence-corrected chi connectivity index (χ2v) is 3.83. The average Bonchev–Trinajstić information content (AvgIpc) is 2.38. The van der Waals surface area contributed by atoms with Crippen LogP contribution in [0.1, 0.15) is 11.1 Å². The zero-order valence-corrected chi connectivity index (χ0v) is 9.88. The predicted molar refractivity (Wildman–Crippen MR) is 68.2 cm³/mol. The Balaban J connectivity index is 2.48. The lowest BCUT2D eigenvalue weighted by atomic mass is 10.1. The van der Waals surface area contributed by atoms with Gasteiger partial charge in [0, 0.05) is 13.2 Å². The van der Waals surface area contributed by atoms with Gasteiger partial charge >= 0.3 is 0 Å². The van der Waals surface area contributed by atoms with Gasteiger partial charge in [-0.25, -0.2) is 4.98 Å². The molecule has 0 bridgehead atoms. The Kier molecular flexibility index (Phi) is 3.06. The number of aryl methyl sites for hydroxylation is 1. The smallest absolute Gasteiger partial charge is 0.135 e. The number of rotatable bonds is 2. The molecule has 0 unspecified atom stereocenters. The first-order valence-corrected chi connectivity index (χ1v) is 5.38. The van der Waals surface area contributed by atoms with Crippen molar-refractivity contribution >= 4 is 11.5 Å². The van der Waals surface area contributed by atoms with Crippen LogP contribution in [0, 0.1) is 18.3 Å². The summed E-state index contributed by atoms with van der Waals surface area (Å²) >= 11 is 0. The molecule has 0 saturated heterocycles. The van der Waals surface area contributed by atoms with Crippen LogP contribution < -0.4 is 4.90 Å². The molecule has 0 N–H and O–H groups in total. The van der Waals surface area contributed by atoms with E-state index in [2.05, 4.69) is 11.1 Å². The summed E-state index contributed by atoms with van der Waals surface area (Å²) in [5.41, 5.74) is 2.61. The molecule has 1 aromatic carbocycles. The van der Waals surface area contributed by atoms with Gasteiger partial charge in [0.2, 0.25) is 0 Å². The molecule has 0 spiro atoms. The molecule has 1 heterocycles. The van der Waals surface area contributed by atoms with Gasteiger partial charge in [0.1, 0.15) is 11.9 Å². The summed E-state index contributed by atoms with van der Waals surface area (Å²) in [6, 6.07) is 13.6. The van der Waals surface area contributed by atoms with Crippen LogP contribution in [0.15, 0.2) is 42.6 Å². The minimum atomic E-state index is 0.653. The fourth-order valence-corrected chi connectivity index (χ4v) is 1.80. The fraction of sp³-hybridized carbons (Fsp3) is 0.143. The number of hydrogen-bond acceptors (Lipinski definition) is 3. The van der Waals surface area contributed by atoms with Gasteiger partial charge in [0.05, 0.1) is 11.3 Å². The van der Waals surface area contributed by atoms with Crippen LogP contribution in [0.3, 0.4) is 0 Å². The summed E-state index contributed by atoms with van der Waals surface area (Å²) in [6.45, 7) is 2.01. The van der Waals surface area contributed by atoms with Crippen molar-refractivity contribution in [2.75, 3.05) is 11.9 Å². The van der Waals surface area contributed by atoms with Crippen LogP contribution in [0.25, 0.3) is 0 Å². The number of nitrogens with zero attached hydrogens (tertiary/aromatic N) is 3. The molecule has 0 fully saturated rings. The number of pyridine rings is 1. The maximum Gasteiger partial charge on any atom is 0.135 e. The van der Waals surface area contributed by atoms with E-state index >= 15 is 0 Å². The number of para-hydroxylation sites is 1. The van der Waals surface area contributed by atoms with E-state index in [1.54, 1.807) is 6.20 Å². The molecule has 17 heavy (non-hydrogen) atoms. The van der Waals surface area contributed by atoms with Crippen LogP contribution in [0.5, 0.6) is 0 Å². The highest BCUT2D eigenvalue weighted by atomic mass is 15.2. The minimum Gasteiger partial charge on any atom is -0.328 e. The van der Waals surface area contributed by atoms with E-state index in [4.69, 9.17) is 5.26 Å². The van der Waals surface area contributed by atoms with Gasteiger partial charge in [-0.2, -0.15) is 5.26 Å². The highest BCUT2D eigenvalue weighted by molar-refractivity contribution is 5.68. The third-order valence-electron chi connectivity index (χ3n) is 2.69. The molecule has 0 amide bonds. The maximum atomic E-state index is 9.09. The summed E-state index contributed by atoms with van der Waals surface area (Å²) in [6.07, 6.45) is 1.76. The monoisotopic (exact) mass is 223 g/mol. The van der Waals surface area contributed by atoms with Crippen molar-refractivity contribution in [2.24, 2.45) is 0 Å². The molecule has 0 atom stereocenters. The zero-order chi connectivity index (χ0) is 12.3. The van der Waals surface area contributed by atoms with Crippen molar-refractivity contribution in [3.05, 3.63) is 53.7 Å². The Morgan fingerprint density at radius 3 is 2.65 bits per heavy atom. The standard InChI is InChI=1S/C14H13N3/c1-11-6-5-9-16-14(11)17(2)13-8-4-3-7-12(13)10-15/h3-9H,1-2H3. The summed E-state index contributed by atoms with van der Waals surface area (Å²) in [4.78, 5) is 6.28. The highest BCUT2D eigenvalue weighted by Gasteiger charge is 2.11. The number of nitriles is 1. The van der Waals surface area contributed by atoms with E-state index in [0.29, 0.717) is 5.56 Å². The van der Waals surface area contributed by atoms with Crippen LogP contribution in [-0.2, 0) is 0 Å². The van der Waals surface area contributed by atoms with Crippen LogP contribution in [-0.4, -0.2) is 12.0 Å². The summed E-state index contributed by atoms with van der Waals surface area (Å²) in [5, 5.41) is 9.09. The van der Waals surface area contributed by atoms with Crippen molar-refractivity contribution in [2.45, 2.75) is 6.92 Å². The molecular weight excluding hydrogens is 210 g/mol. The molecule has 0 radical (unpaired) electrons. The van der Waals surface area contributed by atoms with Gasteiger partial charge in [-0.3, -0.25) is 0 Å². The quantitative estimate of drug-likeness (QED) is 0.785. The Morgan fingerprint density at radius 1 is 1.18 bits per heavy atom. The van der Waals surface area contributed by atoms with Gasteiger partial charge in [-0.1, -0.05) is 18.2 Å². The van der Waals surface area contributed by atoms with Crippen molar-refractivity contribution in [3.8, 4) is 6.07 Å². The van der Waals surface area contributed by atoms with Crippen molar-refractivity contribution in [1.82, 2.24) is 4.98 Å². The predicted octanol–water partition coefficient (Wildman–Crippen LogP) is 3.03. The molecule has 2 aromatic rings. The lowest BCUT2D eigenvalue weighted by molar-refractivity contribution is 1.10. The second kappa shape index (κ2) is 4.67. The summed E-state index contributed by atoms with van der Waals surface area (Å²) in [7, 11) is 1.92. The first kappa shape index (κ1) is 11.2. The van der Waals surface area contributed by atoms with E-state index in [0.717, 1.165) is 17.1 Å². The number of hydrogen-bond donors (Lipinski definition) is 0. The van der Waals surface area contributed by atoms with Gasteiger partial charge < -0.3 is 4.90 Å². The Bertz CT molecular complexity index is 570. The number of benzene rings is 1. The van der Waals surface area contributed by atoms with E-state index < -0.39 is 0 Å². The first-order valence-electron chi connectivity index (χ1n) is 5.38. The molecule has 3 nitrogen and oxygen atoms in total.